The molecule has 2 N–H and O–H groups in total. The molecule has 1 unspecified atom stereocenters. The number of carboxylic acid groups (broad SMARTS) is 1. The third-order valence-corrected chi connectivity index (χ3v) is 4.02. The molecular weight excluding hydrogens is 322 g/mol. The number of hydrogen-bond donors (Lipinski definition) is 2. The first-order valence-corrected chi connectivity index (χ1v) is 8.04. The summed E-state index contributed by atoms with van der Waals surface area (Å²) in [6, 6.07) is 14.7. The molecule has 0 fully saturated rings. The Kier molecular flexibility index (Phi) is 5.18. The molecule has 0 aromatic heterocycles. The number of carbonyl (C=O) groups is 2. The first-order chi connectivity index (χ1) is 12.1. The minimum atomic E-state index is -0.924. The van der Waals surface area contributed by atoms with Gasteiger partial charge in [0.2, 0.25) is 12.7 Å². The molecule has 2 aromatic carbocycles. The summed E-state index contributed by atoms with van der Waals surface area (Å²) in [7, 11) is 0. The molecular formula is C19H19NO5. The Hall–Kier alpha value is -3.02. The molecule has 0 saturated heterocycles. The summed E-state index contributed by atoms with van der Waals surface area (Å²) < 4.78 is 10.5. The first kappa shape index (κ1) is 16.8. The zero-order chi connectivity index (χ0) is 17.6. The van der Waals surface area contributed by atoms with Gasteiger partial charge in [-0.1, -0.05) is 36.4 Å². The fourth-order valence-corrected chi connectivity index (χ4v) is 2.68. The standard InChI is InChI=1S/C19H19NO5/c21-18(10-14-6-7-16-17(9-14)25-12-24-16)20-11-15(19(22)23)8-13-4-2-1-3-5-13/h1-7,9,15H,8,10-12H2,(H,20,21)(H,22,23). The van der Waals surface area contributed by atoms with Crippen LogP contribution in [0, 0.1) is 5.92 Å². The summed E-state index contributed by atoms with van der Waals surface area (Å²) in [5.74, 6) is -0.524. The van der Waals surface area contributed by atoms with Crippen LogP contribution >= 0.6 is 0 Å². The van der Waals surface area contributed by atoms with Crippen LogP contribution in [0.4, 0.5) is 0 Å². The molecule has 0 saturated carbocycles. The Balaban J connectivity index is 1.54. The van der Waals surface area contributed by atoms with Crippen LogP contribution in [0.25, 0.3) is 0 Å². The van der Waals surface area contributed by atoms with Crippen LogP contribution in [0.3, 0.4) is 0 Å². The number of carboxylic acids is 1. The van der Waals surface area contributed by atoms with Crippen LogP contribution in [0.5, 0.6) is 11.5 Å². The van der Waals surface area contributed by atoms with Crippen LogP contribution in [-0.4, -0.2) is 30.3 Å². The van der Waals surface area contributed by atoms with Crippen molar-refractivity contribution in [3.63, 3.8) is 0 Å². The van der Waals surface area contributed by atoms with E-state index in [2.05, 4.69) is 5.32 Å². The van der Waals surface area contributed by atoms with Crippen molar-refractivity contribution >= 4 is 11.9 Å². The summed E-state index contributed by atoms with van der Waals surface area (Å²) in [6.07, 6.45) is 0.537. The molecule has 1 aliphatic heterocycles. The van der Waals surface area contributed by atoms with Gasteiger partial charge in [-0.05, 0) is 29.7 Å². The van der Waals surface area contributed by atoms with Gasteiger partial charge in [-0.2, -0.15) is 0 Å². The van der Waals surface area contributed by atoms with Gasteiger partial charge >= 0.3 is 5.97 Å². The summed E-state index contributed by atoms with van der Waals surface area (Å²) in [6.45, 7) is 0.276. The molecule has 0 bridgehead atoms. The van der Waals surface area contributed by atoms with E-state index in [1.165, 1.54) is 0 Å². The average molecular weight is 341 g/mol. The normalized spacial score (nSPS) is 13.3. The molecule has 25 heavy (non-hydrogen) atoms. The van der Waals surface area contributed by atoms with Crippen LogP contribution in [0.15, 0.2) is 48.5 Å². The smallest absolute Gasteiger partial charge is 0.308 e. The van der Waals surface area contributed by atoms with E-state index in [1.54, 1.807) is 18.2 Å². The Bertz CT molecular complexity index is 760. The summed E-state index contributed by atoms with van der Waals surface area (Å²) in [5.41, 5.74) is 1.72. The third-order valence-electron chi connectivity index (χ3n) is 4.02. The lowest BCUT2D eigenvalue weighted by atomic mass is 9.99. The van der Waals surface area contributed by atoms with Gasteiger partial charge in [-0.15, -0.1) is 0 Å². The molecule has 2 aromatic rings. The number of hydrogen-bond acceptors (Lipinski definition) is 4. The fourth-order valence-electron chi connectivity index (χ4n) is 2.68. The van der Waals surface area contributed by atoms with E-state index in [4.69, 9.17) is 9.47 Å². The number of rotatable bonds is 7. The highest BCUT2D eigenvalue weighted by Gasteiger charge is 2.19. The molecule has 1 amide bonds. The number of amides is 1. The summed E-state index contributed by atoms with van der Waals surface area (Å²) in [5, 5.41) is 12.1. The van der Waals surface area contributed by atoms with E-state index in [-0.39, 0.29) is 25.7 Å². The minimum Gasteiger partial charge on any atom is -0.481 e. The monoisotopic (exact) mass is 341 g/mol. The van der Waals surface area contributed by atoms with Gasteiger partial charge in [0.1, 0.15) is 0 Å². The zero-order valence-corrected chi connectivity index (χ0v) is 13.6. The van der Waals surface area contributed by atoms with Crippen molar-refractivity contribution in [1.82, 2.24) is 5.32 Å². The van der Waals surface area contributed by atoms with E-state index in [1.807, 2.05) is 30.3 Å². The van der Waals surface area contributed by atoms with Gasteiger partial charge in [-0.3, -0.25) is 9.59 Å². The number of carbonyl (C=O) groups excluding carboxylic acids is 1. The van der Waals surface area contributed by atoms with E-state index >= 15 is 0 Å². The molecule has 3 rings (SSSR count). The quantitative estimate of drug-likeness (QED) is 0.805. The van der Waals surface area contributed by atoms with Crippen LogP contribution < -0.4 is 14.8 Å². The van der Waals surface area contributed by atoms with E-state index in [0.717, 1.165) is 11.1 Å². The molecule has 6 nitrogen and oxygen atoms in total. The third kappa shape index (κ3) is 4.50. The second-order valence-corrected chi connectivity index (χ2v) is 5.89. The second-order valence-electron chi connectivity index (χ2n) is 5.89. The van der Waals surface area contributed by atoms with Crippen molar-refractivity contribution in [2.45, 2.75) is 12.8 Å². The molecule has 1 aliphatic rings. The highest BCUT2D eigenvalue weighted by atomic mass is 16.7. The maximum Gasteiger partial charge on any atom is 0.308 e. The molecule has 0 aliphatic carbocycles. The van der Waals surface area contributed by atoms with Crippen molar-refractivity contribution in [1.29, 1.82) is 0 Å². The molecule has 1 heterocycles. The molecule has 6 heteroatoms. The second kappa shape index (κ2) is 7.70. The Labute approximate surface area is 145 Å². The number of aliphatic carboxylic acids is 1. The SMILES string of the molecule is O=C(Cc1ccc2c(c1)OCO2)NCC(Cc1ccccc1)C(=O)O. The fraction of sp³-hybridized carbons (Fsp3) is 0.263. The van der Waals surface area contributed by atoms with Crippen LogP contribution in [0.1, 0.15) is 11.1 Å². The lowest BCUT2D eigenvalue weighted by Crippen LogP contribution is -2.34. The van der Waals surface area contributed by atoms with Gasteiger partial charge in [0.05, 0.1) is 12.3 Å². The van der Waals surface area contributed by atoms with E-state index in [9.17, 15) is 14.7 Å². The lowest BCUT2D eigenvalue weighted by Gasteiger charge is -2.13. The highest BCUT2D eigenvalue weighted by molar-refractivity contribution is 5.79. The van der Waals surface area contributed by atoms with Crippen molar-refractivity contribution < 1.29 is 24.2 Å². The predicted octanol–water partition coefficient (Wildman–Crippen LogP) is 2.02. The van der Waals surface area contributed by atoms with Crippen molar-refractivity contribution in [3.8, 4) is 11.5 Å². The van der Waals surface area contributed by atoms with E-state index in [0.29, 0.717) is 17.9 Å². The maximum atomic E-state index is 12.1. The largest absolute Gasteiger partial charge is 0.481 e. The maximum absolute atomic E-state index is 12.1. The van der Waals surface area contributed by atoms with Gasteiger partial charge in [0.25, 0.3) is 0 Å². The van der Waals surface area contributed by atoms with E-state index < -0.39 is 11.9 Å². The van der Waals surface area contributed by atoms with Crippen LogP contribution in [0.2, 0.25) is 0 Å². The number of ether oxygens (including phenoxy) is 2. The van der Waals surface area contributed by atoms with Gasteiger partial charge in [0.15, 0.2) is 11.5 Å². The zero-order valence-electron chi connectivity index (χ0n) is 13.6. The number of benzene rings is 2. The molecule has 1 atom stereocenters. The molecule has 0 radical (unpaired) electrons. The Morgan fingerprint density at radius 2 is 1.80 bits per heavy atom. The first-order valence-electron chi connectivity index (χ1n) is 8.04. The molecule has 0 spiro atoms. The number of fused-ring (bicyclic) bond motifs is 1. The topological polar surface area (TPSA) is 84.9 Å². The predicted molar refractivity (Wildman–Crippen MR) is 90.6 cm³/mol. The number of nitrogens with one attached hydrogen (secondary N) is 1. The average Bonchev–Trinajstić information content (AvgIpc) is 3.07. The Morgan fingerprint density at radius 3 is 2.56 bits per heavy atom. The summed E-state index contributed by atoms with van der Waals surface area (Å²) >= 11 is 0. The lowest BCUT2D eigenvalue weighted by molar-refractivity contribution is -0.141. The van der Waals surface area contributed by atoms with Crippen molar-refractivity contribution in [3.05, 3.63) is 59.7 Å². The van der Waals surface area contributed by atoms with Crippen LogP contribution in [-0.2, 0) is 22.4 Å². The van der Waals surface area contributed by atoms with Gasteiger partial charge < -0.3 is 19.9 Å². The highest BCUT2D eigenvalue weighted by Crippen LogP contribution is 2.32. The van der Waals surface area contributed by atoms with Gasteiger partial charge in [-0.25, -0.2) is 0 Å². The summed E-state index contributed by atoms with van der Waals surface area (Å²) in [4.78, 5) is 23.5. The Morgan fingerprint density at radius 1 is 1.04 bits per heavy atom. The minimum absolute atomic E-state index is 0.0909. The molecule has 130 valence electrons. The van der Waals surface area contributed by atoms with Gasteiger partial charge in [0, 0.05) is 6.54 Å². The van der Waals surface area contributed by atoms with Crippen molar-refractivity contribution in [2.75, 3.05) is 13.3 Å². The van der Waals surface area contributed by atoms with Crippen molar-refractivity contribution in [2.24, 2.45) is 5.92 Å².